The zero-order valence-corrected chi connectivity index (χ0v) is 16.5. The molecule has 2 rings (SSSR count). The number of hydrogen-bond acceptors (Lipinski definition) is 2. The standard InChI is InChI=1S/C20H23Cl2NO2/c1-13(23-19(24)25-20(2,3)4)17(12-21)16-10-9-15(11-18(16)22)8-7-14-5-6-14/h9-14H,5-6H2,1-4H3,(H,23,24). The molecule has 5 heteroatoms. The Morgan fingerprint density at radius 2 is 2.08 bits per heavy atom. The predicted octanol–water partition coefficient (Wildman–Crippen LogP) is 5.59. The largest absolute Gasteiger partial charge is 0.444 e. The third-order valence-corrected chi connectivity index (χ3v) is 4.14. The quantitative estimate of drug-likeness (QED) is 0.694. The maximum atomic E-state index is 12.0. The smallest absolute Gasteiger partial charge is 0.408 e. The molecule has 1 aliphatic carbocycles. The minimum absolute atomic E-state index is 0.353. The van der Waals surface area contributed by atoms with E-state index in [1.54, 1.807) is 0 Å². The van der Waals surface area contributed by atoms with Gasteiger partial charge in [-0.05, 0) is 63.8 Å². The zero-order chi connectivity index (χ0) is 18.6. The van der Waals surface area contributed by atoms with Crippen LogP contribution < -0.4 is 5.32 Å². The van der Waals surface area contributed by atoms with E-state index in [9.17, 15) is 4.79 Å². The number of carbonyl (C=O) groups excluding carboxylic acids is 1. The number of alkyl carbamates (subject to hydrolysis) is 1. The van der Waals surface area contributed by atoms with Gasteiger partial charge in [-0.25, -0.2) is 4.79 Å². The number of carbonyl (C=O) groups is 1. The van der Waals surface area contributed by atoms with E-state index in [1.807, 2.05) is 45.9 Å². The van der Waals surface area contributed by atoms with E-state index >= 15 is 0 Å². The van der Waals surface area contributed by atoms with Gasteiger partial charge in [0, 0.05) is 22.0 Å². The van der Waals surface area contributed by atoms with E-state index in [2.05, 4.69) is 17.2 Å². The molecule has 1 aromatic rings. The highest BCUT2D eigenvalue weighted by Gasteiger charge is 2.21. The van der Waals surface area contributed by atoms with Crippen LogP contribution in [0.15, 0.2) is 23.7 Å². The summed E-state index contributed by atoms with van der Waals surface area (Å²) in [5.74, 6) is 6.89. The van der Waals surface area contributed by atoms with Crippen LogP contribution in [-0.4, -0.2) is 17.7 Å². The monoisotopic (exact) mass is 379 g/mol. The summed E-state index contributed by atoms with van der Waals surface area (Å²) < 4.78 is 5.28. The number of hydrogen-bond donors (Lipinski definition) is 1. The Kier molecular flexibility index (Phi) is 6.43. The van der Waals surface area contributed by atoms with Crippen LogP contribution in [0.25, 0.3) is 5.57 Å². The summed E-state index contributed by atoms with van der Waals surface area (Å²) in [6.45, 7) is 7.27. The fraction of sp³-hybridized carbons (Fsp3) is 0.450. The van der Waals surface area contributed by atoms with Crippen molar-refractivity contribution in [3.63, 3.8) is 0 Å². The summed E-state index contributed by atoms with van der Waals surface area (Å²) in [4.78, 5) is 12.0. The average molecular weight is 380 g/mol. The molecule has 3 nitrogen and oxygen atoms in total. The van der Waals surface area contributed by atoms with Crippen molar-refractivity contribution in [1.29, 1.82) is 0 Å². The van der Waals surface area contributed by atoms with Crippen molar-refractivity contribution < 1.29 is 9.53 Å². The van der Waals surface area contributed by atoms with Crippen LogP contribution in [-0.2, 0) is 4.74 Å². The summed E-state index contributed by atoms with van der Waals surface area (Å²) in [6.07, 6.45) is 1.87. The topological polar surface area (TPSA) is 38.3 Å². The van der Waals surface area contributed by atoms with Gasteiger partial charge in [0.05, 0.1) is 6.04 Å². The molecule has 0 bridgehead atoms. The first-order valence-electron chi connectivity index (χ1n) is 8.31. The van der Waals surface area contributed by atoms with Gasteiger partial charge in [-0.1, -0.05) is 41.1 Å². The van der Waals surface area contributed by atoms with Crippen LogP contribution in [0.1, 0.15) is 51.7 Å². The molecule has 0 spiro atoms. The number of rotatable bonds is 3. The highest BCUT2D eigenvalue weighted by atomic mass is 35.5. The molecule has 0 radical (unpaired) electrons. The molecule has 25 heavy (non-hydrogen) atoms. The van der Waals surface area contributed by atoms with Gasteiger partial charge in [0.1, 0.15) is 5.60 Å². The minimum atomic E-state index is -0.561. The van der Waals surface area contributed by atoms with Crippen LogP contribution in [0.2, 0.25) is 5.02 Å². The number of nitrogens with one attached hydrogen (secondary N) is 1. The van der Waals surface area contributed by atoms with E-state index in [0.29, 0.717) is 16.5 Å². The third kappa shape index (κ3) is 6.30. The molecule has 1 aliphatic rings. The van der Waals surface area contributed by atoms with Crippen molar-refractivity contribution in [3.05, 3.63) is 39.9 Å². The highest BCUT2D eigenvalue weighted by molar-refractivity contribution is 6.34. The van der Waals surface area contributed by atoms with Crippen LogP contribution in [0, 0.1) is 17.8 Å². The van der Waals surface area contributed by atoms with Crippen molar-refractivity contribution in [1.82, 2.24) is 5.32 Å². The number of ether oxygens (including phenoxy) is 1. The summed E-state index contributed by atoms with van der Waals surface area (Å²) in [5, 5.41) is 3.32. The van der Waals surface area contributed by atoms with Crippen molar-refractivity contribution in [2.24, 2.45) is 5.92 Å². The van der Waals surface area contributed by atoms with E-state index in [0.717, 1.165) is 11.1 Å². The predicted molar refractivity (Wildman–Crippen MR) is 104 cm³/mol. The second-order valence-electron chi connectivity index (χ2n) is 7.17. The SMILES string of the molecule is CC(NC(=O)OC(C)(C)C)C(=CCl)c1ccc(C#CC2CC2)cc1Cl. The summed E-state index contributed by atoms with van der Waals surface area (Å²) in [6, 6.07) is 5.26. The average Bonchev–Trinajstić information content (AvgIpc) is 3.30. The van der Waals surface area contributed by atoms with Crippen molar-refractivity contribution in [3.8, 4) is 11.8 Å². The molecule has 0 heterocycles. The van der Waals surface area contributed by atoms with Crippen LogP contribution >= 0.6 is 23.2 Å². The molecule has 0 aromatic heterocycles. The lowest BCUT2D eigenvalue weighted by atomic mass is 10.00. The molecule has 1 aromatic carbocycles. The molecular weight excluding hydrogens is 357 g/mol. The van der Waals surface area contributed by atoms with E-state index in [1.165, 1.54) is 18.4 Å². The van der Waals surface area contributed by atoms with Crippen molar-refractivity contribution >= 4 is 34.9 Å². The van der Waals surface area contributed by atoms with Gasteiger partial charge in [-0.2, -0.15) is 0 Å². The normalized spacial score (nSPS) is 15.8. The van der Waals surface area contributed by atoms with E-state index < -0.39 is 11.7 Å². The Balaban J connectivity index is 2.11. The van der Waals surface area contributed by atoms with Gasteiger partial charge in [0.2, 0.25) is 0 Å². The molecular formula is C20H23Cl2NO2. The number of benzene rings is 1. The summed E-state index contributed by atoms with van der Waals surface area (Å²) in [7, 11) is 0. The van der Waals surface area contributed by atoms with Crippen LogP contribution in [0.5, 0.6) is 0 Å². The second-order valence-corrected chi connectivity index (χ2v) is 7.80. The summed E-state index contributed by atoms with van der Waals surface area (Å²) in [5.41, 5.74) is 3.21. The Bertz CT molecular complexity index is 734. The lowest BCUT2D eigenvalue weighted by Crippen LogP contribution is -2.38. The first-order valence-corrected chi connectivity index (χ1v) is 9.12. The molecule has 0 saturated heterocycles. The minimum Gasteiger partial charge on any atom is -0.444 e. The van der Waals surface area contributed by atoms with E-state index in [-0.39, 0.29) is 6.04 Å². The maximum absolute atomic E-state index is 12.0. The van der Waals surface area contributed by atoms with Gasteiger partial charge in [0.15, 0.2) is 0 Å². The third-order valence-electron chi connectivity index (χ3n) is 3.60. The first kappa shape index (κ1) is 19.7. The Morgan fingerprint density at radius 3 is 2.60 bits per heavy atom. The molecule has 1 N–H and O–H groups in total. The molecule has 134 valence electrons. The fourth-order valence-corrected chi connectivity index (χ4v) is 2.78. The number of halogens is 2. The van der Waals surface area contributed by atoms with Gasteiger partial charge in [-0.3, -0.25) is 0 Å². The molecule has 1 amide bonds. The summed E-state index contributed by atoms with van der Waals surface area (Å²) >= 11 is 12.4. The van der Waals surface area contributed by atoms with Crippen LogP contribution in [0.4, 0.5) is 4.79 Å². The molecule has 0 aliphatic heterocycles. The van der Waals surface area contributed by atoms with Crippen molar-refractivity contribution in [2.75, 3.05) is 0 Å². The first-order chi connectivity index (χ1) is 11.7. The molecule has 1 unspecified atom stereocenters. The molecule has 1 saturated carbocycles. The van der Waals surface area contributed by atoms with Gasteiger partial charge in [-0.15, -0.1) is 0 Å². The Hall–Kier alpha value is -1.63. The Morgan fingerprint density at radius 1 is 1.40 bits per heavy atom. The van der Waals surface area contributed by atoms with Gasteiger partial charge in [0.25, 0.3) is 0 Å². The van der Waals surface area contributed by atoms with E-state index in [4.69, 9.17) is 27.9 Å². The van der Waals surface area contributed by atoms with Gasteiger partial charge >= 0.3 is 6.09 Å². The van der Waals surface area contributed by atoms with Crippen LogP contribution in [0.3, 0.4) is 0 Å². The molecule has 1 fully saturated rings. The van der Waals surface area contributed by atoms with Crippen molar-refractivity contribution in [2.45, 2.75) is 52.2 Å². The van der Waals surface area contributed by atoms with Gasteiger partial charge < -0.3 is 10.1 Å². The molecule has 1 atom stereocenters. The second kappa shape index (κ2) is 8.17. The zero-order valence-electron chi connectivity index (χ0n) is 15.0. The Labute approximate surface area is 159 Å². The maximum Gasteiger partial charge on any atom is 0.408 e. The lowest BCUT2D eigenvalue weighted by molar-refractivity contribution is 0.0519. The fourth-order valence-electron chi connectivity index (χ4n) is 2.19. The highest BCUT2D eigenvalue weighted by Crippen LogP contribution is 2.29. The number of amides is 1. The lowest BCUT2D eigenvalue weighted by Gasteiger charge is -2.23.